The maximum Gasteiger partial charge on any atom is 0.269 e. The van der Waals surface area contributed by atoms with Crippen molar-refractivity contribution < 1.29 is 19.1 Å². The Morgan fingerprint density at radius 1 is 1.20 bits per heavy atom. The van der Waals surface area contributed by atoms with Gasteiger partial charge in [-0.15, -0.1) is 0 Å². The largest absolute Gasteiger partial charge is 0.465 e. The quantitative estimate of drug-likeness (QED) is 0.619. The number of hydrogen-bond donors (Lipinski definition) is 0. The molecule has 0 bridgehead atoms. The Kier molecular flexibility index (Phi) is 4.45. The number of ether oxygens (including phenoxy) is 3. The van der Waals surface area contributed by atoms with E-state index >= 15 is 0 Å². The van der Waals surface area contributed by atoms with Crippen LogP contribution < -0.4 is 0 Å². The molecule has 134 valence electrons. The summed E-state index contributed by atoms with van der Waals surface area (Å²) in [5.41, 5.74) is 0.993. The minimum Gasteiger partial charge on any atom is -0.465 e. The van der Waals surface area contributed by atoms with Crippen molar-refractivity contribution >= 4 is 11.8 Å². The SMILES string of the molecule is O=[N+]([O-])c1ccc(/C=C2/C[C@H](N3CCOCC3)[C@@]3(CCCO3)O2)cc1. The molecular weight excluding hydrogens is 324 g/mol. The number of morpholine rings is 1. The molecule has 0 saturated carbocycles. The van der Waals surface area contributed by atoms with Gasteiger partial charge in [0.1, 0.15) is 5.76 Å². The molecule has 1 spiro atoms. The van der Waals surface area contributed by atoms with E-state index in [9.17, 15) is 10.1 Å². The number of nitro benzene ring substituents is 1. The molecule has 4 rings (SSSR count). The van der Waals surface area contributed by atoms with Crippen LogP contribution >= 0.6 is 0 Å². The summed E-state index contributed by atoms with van der Waals surface area (Å²) < 4.78 is 17.8. The van der Waals surface area contributed by atoms with E-state index in [0.29, 0.717) is 0 Å². The lowest BCUT2D eigenvalue weighted by atomic mass is 10.0. The van der Waals surface area contributed by atoms with Crippen LogP contribution in [0.2, 0.25) is 0 Å². The number of benzene rings is 1. The maximum absolute atomic E-state index is 10.8. The Hall–Kier alpha value is -1.96. The van der Waals surface area contributed by atoms with E-state index in [4.69, 9.17) is 14.2 Å². The first-order valence-corrected chi connectivity index (χ1v) is 8.76. The third-order valence-electron chi connectivity index (χ3n) is 5.14. The topological polar surface area (TPSA) is 74.1 Å². The predicted octanol–water partition coefficient (Wildman–Crippen LogP) is 2.56. The van der Waals surface area contributed by atoms with Crippen LogP contribution in [0, 0.1) is 10.1 Å². The van der Waals surface area contributed by atoms with Crippen molar-refractivity contribution in [2.45, 2.75) is 31.1 Å². The van der Waals surface area contributed by atoms with Crippen LogP contribution in [0.5, 0.6) is 0 Å². The minimum atomic E-state index is -0.552. The van der Waals surface area contributed by atoms with E-state index in [1.165, 1.54) is 12.1 Å². The van der Waals surface area contributed by atoms with Gasteiger partial charge in [-0.25, -0.2) is 0 Å². The van der Waals surface area contributed by atoms with Crippen LogP contribution in [0.3, 0.4) is 0 Å². The summed E-state index contributed by atoms with van der Waals surface area (Å²) in [6.45, 7) is 4.00. The second-order valence-corrected chi connectivity index (χ2v) is 6.69. The zero-order valence-electron chi connectivity index (χ0n) is 14.1. The summed E-state index contributed by atoms with van der Waals surface area (Å²) in [6, 6.07) is 6.73. The van der Waals surface area contributed by atoms with Gasteiger partial charge < -0.3 is 14.2 Å². The van der Waals surface area contributed by atoms with Gasteiger partial charge in [0.2, 0.25) is 5.79 Å². The van der Waals surface area contributed by atoms with Crippen molar-refractivity contribution in [1.82, 2.24) is 4.90 Å². The maximum atomic E-state index is 10.8. The lowest BCUT2D eigenvalue weighted by molar-refractivity contribution is -0.384. The van der Waals surface area contributed by atoms with E-state index in [2.05, 4.69) is 4.90 Å². The average molecular weight is 346 g/mol. The molecule has 0 unspecified atom stereocenters. The van der Waals surface area contributed by atoms with Crippen molar-refractivity contribution in [2.24, 2.45) is 0 Å². The standard InChI is InChI=1S/C18H22N2O5/c21-20(22)15-4-2-14(3-5-15)12-16-13-17(19-7-10-23-11-8-19)18(25-16)6-1-9-24-18/h2-5,12,17H,1,6-11,13H2/b16-12-/t17-,18+/m0/s1. The normalized spacial score (nSPS) is 31.5. The van der Waals surface area contributed by atoms with Crippen molar-refractivity contribution in [3.63, 3.8) is 0 Å². The first kappa shape index (κ1) is 16.5. The predicted molar refractivity (Wildman–Crippen MR) is 90.9 cm³/mol. The van der Waals surface area contributed by atoms with Crippen LogP contribution in [0.1, 0.15) is 24.8 Å². The first-order chi connectivity index (χ1) is 12.2. The van der Waals surface area contributed by atoms with Crippen molar-refractivity contribution in [1.29, 1.82) is 0 Å². The van der Waals surface area contributed by atoms with E-state index in [1.807, 2.05) is 6.08 Å². The number of non-ortho nitro benzene ring substituents is 1. The zero-order chi connectivity index (χ0) is 17.3. The van der Waals surface area contributed by atoms with Gasteiger partial charge in [0, 0.05) is 38.1 Å². The third-order valence-corrected chi connectivity index (χ3v) is 5.14. The third kappa shape index (κ3) is 3.27. The molecule has 3 aliphatic heterocycles. The fraction of sp³-hybridized carbons (Fsp3) is 0.556. The van der Waals surface area contributed by atoms with Gasteiger partial charge in [-0.05, 0) is 30.2 Å². The van der Waals surface area contributed by atoms with E-state index in [1.54, 1.807) is 12.1 Å². The zero-order valence-corrected chi connectivity index (χ0v) is 14.1. The molecule has 0 amide bonds. The van der Waals surface area contributed by atoms with Gasteiger partial charge in [0.25, 0.3) is 5.69 Å². The molecule has 3 aliphatic rings. The minimum absolute atomic E-state index is 0.0938. The van der Waals surface area contributed by atoms with Crippen LogP contribution in [-0.4, -0.2) is 54.6 Å². The smallest absolute Gasteiger partial charge is 0.269 e. The Labute approximate surface area is 146 Å². The molecular formula is C18H22N2O5. The molecule has 0 N–H and O–H groups in total. The highest BCUT2D eigenvalue weighted by molar-refractivity contribution is 5.54. The van der Waals surface area contributed by atoms with Crippen molar-refractivity contribution in [3.05, 3.63) is 45.7 Å². The van der Waals surface area contributed by atoms with Gasteiger partial charge in [-0.2, -0.15) is 0 Å². The summed E-state index contributed by atoms with van der Waals surface area (Å²) in [6.07, 6.45) is 4.66. The van der Waals surface area contributed by atoms with Gasteiger partial charge in [-0.1, -0.05) is 0 Å². The monoisotopic (exact) mass is 346 g/mol. The summed E-state index contributed by atoms with van der Waals surface area (Å²) in [5.74, 6) is 0.330. The molecule has 1 aromatic rings. The fourth-order valence-corrected chi connectivity index (χ4v) is 3.92. The summed E-state index contributed by atoms with van der Waals surface area (Å²) >= 11 is 0. The molecule has 25 heavy (non-hydrogen) atoms. The first-order valence-electron chi connectivity index (χ1n) is 8.76. The average Bonchev–Trinajstić information content (AvgIpc) is 3.24. The van der Waals surface area contributed by atoms with E-state index in [-0.39, 0.29) is 11.7 Å². The van der Waals surface area contributed by atoms with Crippen molar-refractivity contribution in [2.75, 3.05) is 32.9 Å². The van der Waals surface area contributed by atoms with Crippen molar-refractivity contribution in [3.8, 4) is 0 Å². The molecule has 0 radical (unpaired) electrons. The molecule has 0 aromatic heterocycles. The Morgan fingerprint density at radius 3 is 2.60 bits per heavy atom. The molecule has 3 saturated heterocycles. The second kappa shape index (κ2) is 6.74. The Balaban J connectivity index is 1.55. The van der Waals surface area contributed by atoms with Gasteiger partial charge in [0.15, 0.2) is 0 Å². The van der Waals surface area contributed by atoms with Crippen LogP contribution in [0.25, 0.3) is 6.08 Å². The number of rotatable bonds is 3. The summed E-state index contributed by atoms with van der Waals surface area (Å²) in [5, 5.41) is 10.8. The second-order valence-electron chi connectivity index (χ2n) is 6.69. The summed E-state index contributed by atoms with van der Waals surface area (Å²) in [4.78, 5) is 12.8. The molecule has 3 heterocycles. The molecule has 1 aromatic carbocycles. The van der Waals surface area contributed by atoms with Crippen LogP contribution in [0.4, 0.5) is 5.69 Å². The van der Waals surface area contributed by atoms with E-state index in [0.717, 1.165) is 63.5 Å². The highest BCUT2D eigenvalue weighted by Gasteiger charge is 2.53. The van der Waals surface area contributed by atoms with Gasteiger partial charge in [-0.3, -0.25) is 15.0 Å². The fourth-order valence-electron chi connectivity index (χ4n) is 3.92. The molecule has 7 heteroatoms. The number of hydrogen-bond acceptors (Lipinski definition) is 6. The lowest BCUT2D eigenvalue weighted by Crippen LogP contribution is -2.53. The molecule has 3 fully saturated rings. The molecule has 7 nitrogen and oxygen atoms in total. The Morgan fingerprint density at radius 2 is 1.96 bits per heavy atom. The van der Waals surface area contributed by atoms with Crippen LogP contribution in [0.15, 0.2) is 30.0 Å². The summed E-state index contributed by atoms with van der Waals surface area (Å²) in [7, 11) is 0. The number of nitro groups is 1. The van der Waals surface area contributed by atoms with Crippen LogP contribution in [-0.2, 0) is 14.2 Å². The Bertz CT molecular complexity index is 661. The highest BCUT2D eigenvalue weighted by Crippen LogP contribution is 2.44. The lowest BCUT2D eigenvalue weighted by Gasteiger charge is -2.38. The molecule has 2 atom stereocenters. The highest BCUT2D eigenvalue weighted by atomic mass is 16.7. The number of nitrogens with zero attached hydrogens (tertiary/aromatic N) is 2. The van der Waals surface area contributed by atoms with Gasteiger partial charge >= 0.3 is 0 Å². The van der Waals surface area contributed by atoms with E-state index < -0.39 is 10.7 Å². The molecule has 0 aliphatic carbocycles. The van der Waals surface area contributed by atoms with Gasteiger partial charge in [0.05, 0.1) is 30.8 Å².